The summed E-state index contributed by atoms with van der Waals surface area (Å²) in [6, 6.07) is 6.55. The Morgan fingerprint density at radius 1 is 1.22 bits per heavy atom. The highest BCUT2D eigenvalue weighted by atomic mass is 127. The molecule has 0 saturated heterocycles. The summed E-state index contributed by atoms with van der Waals surface area (Å²) in [4.78, 5) is 0. The molecule has 0 amide bonds. The first-order valence-corrected chi connectivity index (χ1v) is 7.20. The quantitative estimate of drug-likeness (QED) is 0.833. The minimum atomic E-state index is 0.354. The lowest BCUT2D eigenvalue weighted by molar-refractivity contribution is 0.471. The first-order valence-electron chi connectivity index (χ1n) is 6.12. The summed E-state index contributed by atoms with van der Waals surface area (Å²) >= 11 is 2.34. The van der Waals surface area contributed by atoms with Gasteiger partial charge in [0.25, 0.3) is 0 Å². The molecule has 1 fully saturated rings. The molecule has 0 spiro atoms. The zero-order valence-electron chi connectivity index (χ0n) is 10.4. The van der Waals surface area contributed by atoms with Crippen LogP contribution in [0.4, 0.5) is 0 Å². The smallest absolute Gasteiger partial charge is 0.118 e. The molecule has 0 aliphatic heterocycles. The van der Waals surface area contributed by atoms with E-state index in [0.29, 0.717) is 11.8 Å². The molecule has 94 valence electrons. The van der Waals surface area contributed by atoms with Crippen LogP contribution in [0.15, 0.2) is 18.2 Å². The summed E-state index contributed by atoms with van der Waals surface area (Å²) in [5.74, 6) is 0.354. The average Bonchev–Trinajstić information content (AvgIpc) is 3.08. The van der Waals surface area contributed by atoms with Gasteiger partial charge >= 0.3 is 0 Å². The molecule has 2 aromatic rings. The van der Waals surface area contributed by atoms with Crippen LogP contribution in [0.1, 0.15) is 30.0 Å². The van der Waals surface area contributed by atoms with Crippen molar-refractivity contribution in [2.24, 2.45) is 0 Å². The summed E-state index contributed by atoms with van der Waals surface area (Å²) in [5.41, 5.74) is 4.08. The molecule has 1 heterocycles. The van der Waals surface area contributed by atoms with E-state index in [1.165, 1.54) is 16.5 Å². The number of aromatic hydroxyl groups is 1. The van der Waals surface area contributed by atoms with E-state index in [2.05, 4.69) is 33.3 Å². The van der Waals surface area contributed by atoms with Crippen molar-refractivity contribution in [3.63, 3.8) is 0 Å². The lowest BCUT2D eigenvalue weighted by Crippen LogP contribution is -1.98. The molecule has 0 bridgehead atoms. The van der Waals surface area contributed by atoms with Gasteiger partial charge in [-0.2, -0.15) is 5.10 Å². The third-order valence-corrected chi connectivity index (χ3v) is 4.21. The van der Waals surface area contributed by atoms with Gasteiger partial charge in [0, 0.05) is 5.56 Å². The molecule has 1 aliphatic carbocycles. The van der Waals surface area contributed by atoms with E-state index in [9.17, 15) is 5.11 Å². The van der Waals surface area contributed by atoms with Gasteiger partial charge in [-0.15, -0.1) is 0 Å². The third-order valence-electron chi connectivity index (χ3n) is 3.40. The Morgan fingerprint density at radius 2 is 1.94 bits per heavy atom. The topological polar surface area (TPSA) is 38.0 Å². The van der Waals surface area contributed by atoms with Crippen LogP contribution in [-0.4, -0.2) is 14.9 Å². The van der Waals surface area contributed by atoms with E-state index in [1.54, 1.807) is 0 Å². The fourth-order valence-corrected chi connectivity index (χ4v) is 2.95. The molecule has 3 nitrogen and oxygen atoms in total. The van der Waals surface area contributed by atoms with Gasteiger partial charge in [0.1, 0.15) is 5.75 Å². The zero-order valence-corrected chi connectivity index (χ0v) is 12.6. The number of nitrogens with zero attached hydrogens (tertiary/aromatic N) is 2. The fourth-order valence-electron chi connectivity index (χ4n) is 2.16. The van der Waals surface area contributed by atoms with Crippen LogP contribution in [0.25, 0.3) is 11.3 Å². The highest BCUT2D eigenvalue weighted by Crippen LogP contribution is 2.37. The van der Waals surface area contributed by atoms with Gasteiger partial charge < -0.3 is 5.11 Å². The van der Waals surface area contributed by atoms with Gasteiger partial charge in [0.05, 0.1) is 15.4 Å². The molecule has 1 aromatic heterocycles. The molecular formula is C14H15IN2O. The Labute approximate surface area is 120 Å². The van der Waals surface area contributed by atoms with Crippen LogP contribution in [0.5, 0.6) is 5.75 Å². The van der Waals surface area contributed by atoms with Crippen molar-refractivity contribution in [3.8, 4) is 17.0 Å². The van der Waals surface area contributed by atoms with Crippen LogP contribution < -0.4 is 0 Å². The van der Waals surface area contributed by atoms with Crippen LogP contribution in [0, 0.1) is 17.5 Å². The number of phenolic OH excluding ortho intramolecular Hbond substituents is 1. The van der Waals surface area contributed by atoms with Gasteiger partial charge in [-0.3, -0.25) is 4.68 Å². The monoisotopic (exact) mass is 354 g/mol. The van der Waals surface area contributed by atoms with Gasteiger partial charge in [-0.25, -0.2) is 0 Å². The van der Waals surface area contributed by atoms with Crippen molar-refractivity contribution in [3.05, 3.63) is 33.0 Å². The Hall–Kier alpha value is -1.04. The average molecular weight is 354 g/mol. The number of rotatable bonds is 2. The maximum atomic E-state index is 9.70. The molecule has 0 unspecified atom stereocenters. The Balaban J connectivity index is 2.09. The molecule has 0 radical (unpaired) electrons. The summed E-state index contributed by atoms with van der Waals surface area (Å²) in [5, 5.41) is 14.4. The number of halogens is 1. The first-order chi connectivity index (χ1) is 8.56. The molecule has 1 aromatic carbocycles. The van der Waals surface area contributed by atoms with E-state index in [-0.39, 0.29) is 0 Å². The molecule has 1 N–H and O–H groups in total. The van der Waals surface area contributed by atoms with Gasteiger partial charge in [-0.1, -0.05) is 0 Å². The van der Waals surface area contributed by atoms with Crippen LogP contribution in [0.2, 0.25) is 0 Å². The van der Waals surface area contributed by atoms with Crippen LogP contribution in [0.3, 0.4) is 0 Å². The lowest BCUT2D eigenvalue weighted by atomic mass is 10.0. The second-order valence-electron chi connectivity index (χ2n) is 4.98. The van der Waals surface area contributed by atoms with Gasteiger partial charge in [0.15, 0.2) is 0 Å². The number of aryl methyl sites for hydroxylation is 2. The number of benzene rings is 1. The Kier molecular flexibility index (Phi) is 2.84. The predicted octanol–water partition coefficient (Wildman–Crippen LogP) is 3.81. The first kappa shape index (κ1) is 12.0. The SMILES string of the molecule is Cc1cc(-c2cc(I)n(C3CC3)n2)c(C)cc1O. The maximum absolute atomic E-state index is 9.70. The molecule has 3 rings (SSSR count). The summed E-state index contributed by atoms with van der Waals surface area (Å²) < 4.78 is 3.31. The molecule has 1 aliphatic rings. The van der Waals surface area contributed by atoms with E-state index in [1.807, 2.05) is 26.0 Å². The van der Waals surface area contributed by atoms with Crippen molar-refractivity contribution in [1.29, 1.82) is 0 Å². The second-order valence-corrected chi connectivity index (χ2v) is 6.09. The highest BCUT2D eigenvalue weighted by molar-refractivity contribution is 14.1. The third kappa shape index (κ3) is 2.02. The normalized spacial score (nSPS) is 15.1. The minimum absolute atomic E-state index is 0.354. The van der Waals surface area contributed by atoms with E-state index >= 15 is 0 Å². The molecule has 0 atom stereocenters. The number of hydrogen-bond donors (Lipinski definition) is 1. The standard InChI is InChI=1S/C14H15IN2O/c1-8-6-13(18)9(2)5-11(8)12-7-14(15)17(16-12)10-3-4-10/h5-7,10,18H,3-4H2,1-2H3. The van der Waals surface area contributed by atoms with Crippen molar-refractivity contribution < 1.29 is 5.11 Å². The van der Waals surface area contributed by atoms with Crippen molar-refractivity contribution in [2.45, 2.75) is 32.7 Å². The van der Waals surface area contributed by atoms with Crippen molar-refractivity contribution in [2.75, 3.05) is 0 Å². The van der Waals surface area contributed by atoms with Crippen LogP contribution >= 0.6 is 22.6 Å². The largest absolute Gasteiger partial charge is 0.508 e. The molecule has 1 saturated carbocycles. The summed E-state index contributed by atoms with van der Waals surface area (Å²) in [7, 11) is 0. The minimum Gasteiger partial charge on any atom is -0.508 e. The zero-order chi connectivity index (χ0) is 12.9. The van der Waals surface area contributed by atoms with E-state index in [4.69, 9.17) is 5.10 Å². The maximum Gasteiger partial charge on any atom is 0.118 e. The Bertz CT molecular complexity index is 614. The molecule has 4 heteroatoms. The van der Waals surface area contributed by atoms with E-state index < -0.39 is 0 Å². The summed E-state index contributed by atoms with van der Waals surface area (Å²) in [6.07, 6.45) is 2.48. The predicted molar refractivity (Wildman–Crippen MR) is 79.8 cm³/mol. The number of hydrogen-bond acceptors (Lipinski definition) is 2. The summed E-state index contributed by atoms with van der Waals surface area (Å²) in [6.45, 7) is 3.93. The Morgan fingerprint density at radius 3 is 2.61 bits per heavy atom. The lowest BCUT2D eigenvalue weighted by Gasteiger charge is -2.06. The molecule has 18 heavy (non-hydrogen) atoms. The number of aromatic nitrogens is 2. The molecular weight excluding hydrogens is 339 g/mol. The number of phenols is 1. The van der Waals surface area contributed by atoms with E-state index in [0.717, 1.165) is 22.4 Å². The highest BCUT2D eigenvalue weighted by Gasteiger charge is 2.27. The van der Waals surface area contributed by atoms with Gasteiger partial charge in [-0.05, 0) is 78.6 Å². The van der Waals surface area contributed by atoms with Gasteiger partial charge in [0.2, 0.25) is 0 Å². The van der Waals surface area contributed by atoms with Crippen molar-refractivity contribution in [1.82, 2.24) is 9.78 Å². The fraction of sp³-hybridized carbons (Fsp3) is 0.357. The second kappa shape index (κ2) is 4.26. The van der Waals surface area contributed by atoms with Crippen molar-refractivity contribution >= 4 is 22.6 Å². The van der Waals surface area contributed by atoms with Crippen LogP contribution in [-0.2, 0) is 0 Å².